The molecule has 0 saturated heterocycles. The second-order valence-corrected chi connectivity index (χ2v) is 4.28. The fourth-order valence-corrected chi connectivity index (χ4v) is 1.80. The zero-order chi connectivity index (χ0) is 13.8. The van der Waals surface area contributed by atoms with Crippen LogP contribution in [0.1, 0.15) is 15.9 Å². The van der Waals surface area contributed by atoms with Crippen molar-refractivity contribution in [2.24, 2.45) is 0 Å². The highest BCUT2D eigenvalue weighted by atomic mass is 79.9. The van der Waals surface area contributed by atoms with E-state index in [4.69, 9.17) is 0 Å². The number of pyridine rings is 1. The first-order valence-corrected chi connectivity index (χ1v) is 5.79. The lowest BCUT2D eigenvalue weighted by Crippen LogP contribution is -2.37. The molecule has 0 amide bonds. The molecule has 0 unspecified atom stereocenters. The molecule has 2 rings (SSSR count). The van der Waals surface area contributed by atoms with E-state index in [-0.39, 0.29) is 40.5 Å². The zero-order valence-corrected chi connectivity index (χ0v) is 13.1. The van der Waals surface area contributed by atoms with E-state index in [2.05, 4.69) is 0 Å². The van der Waals surface area contributed by atoms with E-state index in [1.165, 1.54) is 18.2 Å². The fourth-order valence-electron chi connectivity index (χ4n) is 1.80. The van der Waals surface area contributed by atoms with Gasteiger partial charge in [0.15, 0.2) is 12.4 Å². The summed E-state index contributed by atoms with van der Waals surface area (Å²) in [6.45, 7) is 2.11. The summed E-state index contributed by atoms with van der Waals surface area (Å²) >= 11 is 0. The Morgan fingerprint density at radius 2 is 2.00 bits per heavy atom. The van der Waals surface area contributed by atoms with Crippen LogP contribution in [0, 0.1) is 17.0 Å². The second kappa shape index (κ2) is 8.23. The standard InChI is InChI=1S/C14H13N2O3.BrH.H2O/c1-11-4-3-7-15(9-11)10-14(17)12-5-2-6-13(8-12)16(18)19;;/h2-9H,10H2,1H3;1H;1H2/q+1;;. The Hall–Kier alpha value is -2.12. The van der Waals surface area contributed by atoms with Gasteiger partial charge in [0.05, 0.1) is 4.92 Å². The molecule has 112 valence electrons. The van der Waals surface area contributed by atoms with Crippen molar-refractivity contribution >= 4 is 28.5 Å². The molecule has 1 aromatic carbocycles. The molecule has 21 heavy (non-hydrogen) atoms. The van der Waals surface area contributed by atoms with E-state index in [1.807, 2.05) is 25.3 Å². The van der Waals surface area contributed by atoms with Gasteiger partial charge in [-0.05, 0) is 13.0 Å². The topological polar surface area (TPSA) is 95.6 Å². The SMILES string of the molecule is Br.Cc1ccc[n+](CC(=O)c2cccc([N+](=O)[O-])c2)c1.O. The first-order chi connectivity index (χ1) is 9.06. The summed E-state index contributed by atoms with van der Waals surface area (Å²) < 4.78 is 1.76. The molecule has 0 bridgehead atoms. The lowest BCUT2D eigenvalue weighted by molar-refractivity contribution is -0.683. The van der Waals surface area contributed by atoms with Crippen molar-refractivity contribution in [3.63, 3.8) is 0 Å². The Kier molecular flexibility index (Phi) is 7.40. The van der Waals surface area contributed by atoms with Crippen LogP contribution in [0.3, 0.4) is 0 Å². The number of halogens is 1. The Morgan fingerprint density at radius 1 is 1.29 bits per heavy atom. The molecule has 0 aliphatic carbocycles. The van der Waals surface area contributed by atoms with Crippen LogP contribution < -0.4 is 4.57 Å². The molecular formula is C14H16BrN2O4+. The number of nitrogens with zero attached hydrogens (tertiary/aromatic N) is 2. The van der Waals surface area contributed by atoms with Crippen LogP contribution in [0.15, 0.2) is 48.8 Å². The molecule has 0 fully saturated rings. The predicted molar refractivity (Wildman–Crippen MR) is 82.7 cm³/mol. The first-order valence-electron chi connectivity index (χ1n) is 5.79. The number of aryl methyl sites for hydroxylation is 1. The molecule has 0 radical (unpaired) electrons. The first kappa shape index (κ1) is 18.9. The largest absolute Gasteiger partial charge is 0.412 e. The van der Waals surface area contributed by atoms with Crippen LogP contribution in [-0.2, 0) is 6.54 Å². The lowest BCUT2D eigenvalue weighted by Gasteiger charge is -1.99. The number of benzene rings is 1. The van der Waals surface area contributed by atoms with Crippen molar-refractivity contribution < 1.29 is 19.8 Å². The Bertz CT molecular complexity index is 646. The molecule has 1 heterocycles. The second-order valence-electron chi connectivity index (χ2n) is 4.28. The summed E-state index contributed by atoms with van der Waals surface area (Å²) in [7, 11) is 0. The van der Waals surface area contributed by atoms with Gasteiger partial charge in [-0.1, -0.05) is 12.1 Å². The number of Topliss-reactive ketones (excluding diaryl/α,β-unsaturated/α-hetero) is 1. The van der Waals surface area contributed by atoms with Gasteiger partial charge in [-0.2, -0.15) is 4.57 Å². The zero-order valence-electron chi connectivity index (χ0n) is 11.4. The molecule has 0 spiro atoms. The van der Waals surface area contributed by atoms with Crippen LogP contribution in [0.5, 0.6) is 0 Å². The van der Waals surface area contributed by atoms with Gasteiger partial charge >= 0.3 is 0 Å². The van der Waals surface area contributed by atoms with Crippen molar-refractivity contribution in [2.75, 3.05) is 0 Å². The molecule has 0 aliphatic rings. The van der Waals surface area contributed by atoms with Gasteiger partial charge in [0.25, 0.3) is 5.69 Å². The number of ketones is 1. The highest BCUT2D eigenvalue weighted by Gasteiger charge is 2.15. The van der Waals surface area contributed by atoms with Crippen LogP contribution in [0.4, 0.5) is 5.69 Å². The number of non-ortho nitro benzene ring substituents is 1. The van der Waals surface area contributed by atoms with Crippen molar-refractivity contribution in [3.8, 4) is 0 Å². The third-order valence-corrected chi connectivity index (χ3v) is 2.71. The van der Waals surface area contributed by atoms with Crippen LogP contribution >= 0.6 is 17.0 Å². The molecule has 0 saturated carbocycles. The van der Waals surface area contributed by atoms with E-state index in [9.17, 15) is 14.9 Å². The Balaban J connectivity index is 0.00000200. The maximum Gasteiger partial charge on any atom is 0.270 e. The Labute approximate surface area is 132 Å². The van der Waals surface area contributed by atoms with E-state index < -0.39 is 4.92 Å². The van der Waals surface area contributed by atoms with Crippen molar-refractivity contribution in [2.45, 2.75) is 13.5 Å². The fraction of sp³-hybridized carbons (Fsp3) is 0.143. The quantitative estimate of drug-likeness (QED) is 0.362. The smallest absolute Gasteiger partial charge is 0.270 e. The normalized spacial score (nSPS) is 9.19. The number of nitro groups is 1. The third-order valence-electron chi connectivity index (χ3n) is 2.71. The van der Waals surface area contributed by atoms with Crippen molar-refractivity contribution in [3.05, 3.63) is 70.0 Å². The number of carbonyl (C=O) groups excluding carboxylic acids is 1. The maximum atomic E-state index is 12.1. The summed E-state index contributed by atoms with van der Waals surface area (Å²) in [5.74, 6) is -0.153. The van der Waals surface area contributed by atoms with E-state index >= 15 is 0 Å². The molecule has 2 N–H and O–H groups in total. The van der Waals surface area contributed by atoms with Gasteiger partial charge in [0, 0.05) is 29.3 Å². The minimum Gasteiger partial charge on any atom is -0.412 e. The van der Waals surface area contributed by atoms with Gasteiger partial charge < -0.3 is 5.48 Å². The van der Waals surface area contributed by atoms with E-state index in [0.29, 0.717) is 5.56 Å². The van der Waals surface area contributed by atoms with Gasteiger partial charge in [0.1, 0.15) is 0 Å². The summed E-state index contributed by atoms with van der Waals surface area (Å²) in [6, 6.07) is 9.58. The highest BCUT2D eigenvalue weighted by Crippen LogP contribution is 2.13. The maximum absolute atomic E-state index is 12.1. The number of carbonyl (C=O) groups is 1. The monoisotopic (exact) mass is 355 g/mol. The lowest BCUT2D eigenvalue weighted by atomic mass is 10.1. The van der Waals surface area contributed by atoms with Crippen molar-refractivity contribution in [1.29, 1.82) is 0 Å². The number of hydrogen-bond donors (Lipinski definition) is 0. The number of hydrogen-bond acceptors (Lipinski definition) is 3. The third kappa shape index (κ3) is 5.05. The summed E-state index contributed by atoms with van der Waals surface area (Å²) in [6.07, 6.45) is 3.65. The van der Waals surface area contributed by atoms with Crippen LogP contribution in [-0.4, -0.2) is 16.2 Å². The van der Waals surface area contributed by atoms with Crippen LogP contribution in [0.2, 0.25) is 0 Å². The van der Waals surface area contributed by atoms with Gasteiger partial charge in [-0.15, -0.1) is 17.0 Å². The Morgan fingerprint density at radius 3 is 2.62 bits per heavy atom. The van der Waals surface area contributed by atoms with Crippen molar-refractivity contribution in [1.82, 2.24) is 0 Å². The minimum absolute atomic E-state index is 0. The van der Waals surface area contributed by atoms with Gasteiger partial charge in [-0.25, -0.2) is 0 Å². The average molecular weight is 356 g/mol. The van der Waals surface area contributed by atoms with E-state index in [0.717, 1.165) is 5.56 Å². The molecule has 6 nitrogen and oxygen atoms in total. The molecule has 7 heteroatoms. The van der Waals surface area contributed by atoms with Gasteiger partial charge in [-0.3, -0.25) is 14.9 Å². The molecule has 0 atom stereocenters. The number of rotatable bonds is 4. The highest BCUT2D eigenvalue weighted by molar-refractivity contribution is 8.93. The summed E-state index contributed by atoms with van der Waals surface area (Å²) in [4.78, 5) is 22.2. The molecular weight excluding hydrogens is 340 g/mol. The average Bonchev–Trinajstić information content (AvgIpc) is 2.39. The molecule has 2 aromatic rings. The van der Waals surface area contributed by atoms with E-state index in [1.54, 1.807) is 16.8 Å². The summed E-state index contributed by atoms with van der Waals surface area (Å²) in [5, 5.41) is 10.7. The van der Waals surface area contributed by atoms with Gasteiger partial charge in [0.2, 0.25) is 12.3 Å². The number of aromatic nitrogens is 1. The summed E-state index contributed by atoms with van der Waals surface area (Å²) in [5.41, 5.74) is 1.33. The number of nitro benzene ring substituents is 1. The molecule has 1 aromatic heterocycles. The predicted octanol–water partition coefficient (Wildman–Crippen LogP) is 1.83. The molecule has 0 aliphatic heterocycles. The minimum atomic E-state index is -0.503. The van der Waals surface area contributed by atoms with Crippen LogP contribution in [0.25, 0.3) is 0 Å².